The summed E-state index contributed by atoms with van der Waals surface area (Å²) < 4.78 is 2.11. The van der Waals surface area contributed by atoms with Crippen molar-refractivity contribution in [3.63, 3.8) is 0 Å². The van der Waals surface area contributed by atoms with Gasteiger partial charge in [0.05, 0.1) is 5.52 Å². The molecule has 0 aliphatic heterocycles. The molecule has 4 rings (SSSR count). The largest absolute Gasteiger partial charge is 0.270 e. The number of hydrogen-bond donors (Lipinski definition) is 0. The molecule has 23 heavy (non-hydrogen) atoms. The van der Waals surface area contributed by atoms with Crippen LogP contribution in [-0.2, 0) is 5.75 Å². The van der Waals surface area contributed by atoms with Gasteiger partial charge in [0.1, 0.15) is 5.15 Å². The number of benzene rings is 1. The van der Waals surface area contributed by atoms with Crippen molar-refractivity contribution in [2.75, 3.05) is 0 Å². The first kappa shape index (κ1) is 14.5. The lowest BCUT2D eigenvalue weighted by atomic mass is 10.1. The molecular weight excluding hydrogens is 328 g/mol. The Labute approximate surface area is 142 Å². The third-order valence-electron chi connectivity index (χ3n) is 3.73. The van der Waals surface area contributed by atoms with E-state index in [0.717, 1.165) is 27.6 Å². The second-order valence-corrected chi connectivity index (χ2v) is 6.63. The van der Waals surface area contributed by atoms with Gasteiger partial charge >= 0.3 is 0 Å². The SMILES string of the molecule is Cc1cc2nnc(SCc3ccc(Cl)nc3)n2c2ccccc12. The van der Waals surface area contributed by atoms with Crippen LogP contribution in [0, 0.1) is 6.92 Å². The van der Waals surface area contributed by atoms with Crippen LogP contribution in [-0.4, -0.2) is 19.6 Å². The molecule has 0 N–H and O–H groups in total. The van der Waals surface area contributed by atoms with Crippen molar-refractivity contribution in [3.05, 3.63) is 64.9 Å². The van der Waals surface area contributed by atoms with Crippen molar-refractivity contribution in [2.45, 2.75) is 17.8 Å². The number of hydrogen-bond acceptors (Lipinski definition) is 4. The Morgan fingerprint density at radius 1 is 1.13 bits per heavy atom. The van der Waals surface area contributed by atoms with Gasteiger partial charge in [-0.1, -0.05) is 47.6 Å². The van der Waals surface area contributed by atoms with E-state index in [-0.39, 0.29) is 0 Å². The Kier molecular flexibility index (Phi) is 3.67. The van der Waals surface area contributed by atoms with Crippen LogP contribution in [0.1, 0.15) is 11.1 Å². The molecule has 0 atom stereocenters. The number of pyridine rings is 2. The normalized spacial score (nSPS) is 11.4. The average molecular weight is 341 g/mol. The topological polar surface area (TPSA) is 43.1 Å². The standard InChI is InChI=1S/C17H13ClN4S/c1-11-8-16-20-21-17(22(16)14-5-3-2-4-13(11)14)23-10-12-6-7-15(18)19-9-12/h2-9H,10H2,1H3. The molecule has 4 aromatic rings. The number of para-hydroxylation sites is 1. The van der Waals surface area contributed by atoms with E-state index in [0.29, 0.717) is 5.15 Å². The molecule has 0 saturated carbocycles. The summed E-state index contributed by atoms with van der Waals surface area (Å²) in [5.74, 6) is 0.771. The minimum Gasteiger partial charge on any atom is -0.270 e. The Bertz CT molecular complexity index is 995. The fraction of sp³-hybridized carbons (Fsp3) is 0.118. The lowest BCUT2D eigenvalue weighted by Gasteiger charge is -2.07. The third-order valence-corrected chi connectivity index (χ3v) is 4.95. The van der Waals surface area contributed by atoms with Gasteiger partial charge in [-0.2, -0.15) is 0 Å². The highest BCUT2D eigenvalue weighted by molar-refractivity contribution is 7.98. The summed E-state index contributed by atoms with van der Waals surface area (Å²) in [6.45, 7) is 2.10. The van der Waals surface area contributed by atoms with Crippen LogP contribution in [0.15, 0.2) is 53.8 Å². The van der Waals surface area contributed by atoms with Crippen molar-refractivity contribution < 1.29 is 0 Å². The number of aryl methyl sites for hydroxylation is 1. The van der Waals surface area contributed by atoms with E-state index in [1.54, 1.807) is 24.0 Å². The van der Waals surface area contributed by atoms with E-state index in [1.807, 2.05) is 12.1 Å². The smallest absolute Gasteiger partial charge is 0.196 e. The second kappa shape index (κ2) is 5.83. The van der Waals surface area contributed by atoms with E-state index in [9.17, 15) is 0 Å². The van der Waals surface area contributed by atoms with E-state index in [1.165, 1.54) is 10.9 Å². The lowest BCUT2D eigenvalue weighted by molar-refractivity contribution is 0.939. The minimum absolute atomic E-state index is 0.508. The first-order chi connectivity index (χ1) is 11.2. The van der Waals surface area contributed by atoms with Crippen LogP contribution >= 0.6 is 23.4 Å². The van der Waals surface area contributed by atoms with Gasteiger partial charge in [0.25, 0.3) is 0 Å². The van der Waals surface area contributed by atoms with Crippen molar-refractivity contribution in [1.82, 2.24) is 19.6 Å². The molecule has 0 fully saturated rings. The van der Waals surface area contributed by atoms with Crippen molar-refractivity contribution >= 4 is 39.9 Å². The summed E-state index contributed by atoms with van der Waals surface area (Å²) >= 11 is 7.47. The minimum atomic E-state index is 0.508. The maximum Gasteiger partial charge on any atom is 0.196 e. The molecule has 4 nitrogen and oxygen atoms in total. The number of nitrogens with zero attached hydrogens (tertiary/aromatic N) is 4. The first-order valence-electron chi connectivity index (χ1n) is 7.19. The molecule has 0 aliphatic rings. The number of rotatable bonds is 3. The monoisotopic (exact) mass is 340 g/mol. The van der Waals surface area contributed by atoms with E-state index >= 15 is 0 Å². The highest BCUT2D eigenvalue weighted by atomic mass is 35.5. The zero-order chi connectivity index (χ0) is 15.8. The van der Waals surface area contributed by atoms with Gasteiger partial charge in [0, 0.05) is 17.3 Å². The molecule has 3 aromatic heterocycles. The maximum absolute atomic E-state index is 5.83. The van der Waals surface area contributed by atoms with Crippen LogP contribution < -0.4 is 0 Å². The van der Waals surface area contributed by atoms with Crippen molar-refractivity contribution in [3.8, 4) is 0 Å². The first-order valence-corrected chi connectivity index (χ1v) is 8.55. The maximum atomic E-state index is 5.83. The summed E-state index contributed by atoms with van der Waals surface area (Å²) in [6.07, 6.45) is 1.79. The number of thioether (sulfide) groups is 1. The van der Waals surface area contributed by atoms with Gasteiger partial charge in [-0.15, -0.1) is 10.2 Å². The van der Waals surface area contributed by atoms with E-state index < -0.39 is 0 Å². The van der Waals surface area contributed by atoms with Gasteiger partial charge in [0.2, 0.25) is 0 Å². The molecule has 1 aromatic carbocycles. The van der Waals surface area contributed by atoms with Gasteiger partial charge in [-0.25, -0.2) is 4.98 Å². The number of fused-ring (bicyclic) bond motifs is 3. The van der Waals surface area contributed by atoms with Crippen molar-refractivity contribution in [2.24, 2.45) is 0 Å². The van der Waals surface area contributed by atoms with Crippen LogP contribution in [0.2, 0.25) is 5.15 Å². The zero-order valence-corrected chi connectivity index (χ0v) is 14.0. The summed E-state index contributed by atoms with van der Waals surface area (Å²) in [5, 5.41) is 11.3. The Balaban J connectivity index is 1.75. The van der Waals surface area contributed by atoms with Crippen LogP contribution in [0.5, 0.6) is 0 Å². The molecule has 3 heterocycles. The van der Waals surface area contributed by atoms with Crippen LogP contribution in [0.25, 0.3) is 16.6 Å². The second-order valence-electron chi connectivity index (χ2n) is 5.30. The highest BCUT2D eigenvalue weighted by Crippen LogP contribution is 2.27. The molecule has 114 valence electrons. The molecule has 0 amide bonds. The molecule has 0 aliphatic carbocycles. The van der Waals surface area contributed by atoms with Crippen molar-refractivity contribution in [1.29, 1.82) is 0 Å². The highest BCUT2D eigenvalue weighted by Gasteiger charge is 2.11. The predicted octanol–water partition coefficient (Wildman–Crippen LogP) is 4.53. The molecule has 6 heteroatoms. The molecule has 0 saturated heterocycles. The lowest BCUT2D eigenvalue weighted by Crippen LogP contribution is -1.93. The molecule has 0 unspecified atom stereocenters. The Morgan fingerprint density at radius 3 is 2.83 bits per heavy atom. The molecular formula is C17H13ClN4S. The number of aromatic nitrogens is 4. The summed E-state index contributed by atoms with van der Waals surface area (Å²) in [5.41, 5.74) is 4.31. The van der Waals surface area contributed by atoms with Gasteiger partial charge in [0.15, 0.2) is 10.8 Å². The quantitative estimate of drug-likeness (QED) is 0.406. The van der Waals surface area contributed by atoms with E-state index in [4.69, 9.17) is 11.6 Å². The fourth-order valence-electron chi connectivity index (χ4n) is 2.61. The summed E-state index contributed by atoms with van der Waals surface area (Å²) in [4.78, 5) is 4.11. The predicted molar refractivity (Wildman–Crippen MR) is 94.0 cm³/mol. The van der Waals surface area contributed by atoms with E-state index in [2.05, 4.69) is 50.8 Å². The van der Waals surface area contributed by atoms with Crippen LogP contribution in [0.4, 0.5) is 0 Å². The Hall–Kier alpha value is -2.11. The third kappa shape index (κ3) is 2.66. The summed E-state index contributed by atoms with van der Waals surface area (Å²) in [7, 11) is 0. The molecule has 0 bridgehead atoms. The van der Waals surface area contributed by atoms with Crippen LogP contribution in [0.3, 0.4) is 0 Å². The van der Waals surface area contributed by atoms with Gasteiger partial charge in [-0.05, 0) is 36.2 Å². The summed E-state index contributed by atoms with van der Waals surface area (Å²) in [6, 6.07) is 14.2. The fourth-order valence-corrected chi connectivity index (χ4v) is 3.61. The molecule has 0 radical (unpaired) electrons. The number of halogens is 1. The molecule has 0 spiro atoms. The van der Waals surface area contributed by atoms with Gasteiger partial charge in [-0.3, -0.25) is 4.40 Å². The Morgan fingerprint density at radius 2 is 2.00 bits per heavy atom. The average Bonchev–Trinajstić information content (AvgIpc) is 2.98. The zero-order valence-electron chi connectivity index (χ0n) is 12.4. The van der Waals surface area contributed by atoms with Gasteiger partial charge < -0.3 is 0 Å².